The third-order valence-electron chi connectivity index (χ3n) is 10.5. The Morgan fingerprint density at radius 2 is 1.57 bits per heavy atom. The first kappa shape index (κ1) is 27.2. The number of aromatic nitrogens is 4. The van der Waals surface area contributed by atoms with E-state index < -0.39 is 5.67 Å². The minimum atomic E-state index is -1.02. The molecule has 4 bridgehead atoms. The highest BCUT2D eigenvalue weighted by molar-refractivity contribution is 5.95. The molecule has 0 radical (unpaired) electrons. The topological polar surface area (TPSA) is 90.3 Å². The molecule has 42 heavy (non-hydrogen) atoms. The summed E-state index contributed by atoms with van der Waals surface area (Å²) in [6.07, 6.45) is 15.2. The molecular formula is C33H38FN5O3. The molecule has 1 aromatic carbocycles. The van der Waals surface area contributed by atoms with Crippen LogP contribution in [0.4, 0.5) is 10.1 Å². The zero-order chi connectivity index (χ0) is 29.0. The van der Waals surface area contributed by atoms with Crippen molar-refractivity contribution in [1.29, 1.82) is 0 Å². The zero-order valence-electron chi connectivity index (χ0n) is 24.4. The van der Waals surface area contributed by atoms with Gasteiger partial charge in [0.2, 0.25) is 5.91 Å². The van der Waals surface area contributed by atoms with Gasteiger partial charge in [0.15, 0.2) is 5.75 Å². The van der Waals surface area contributed by atoms with Crippen LogP contribution in [0.3, 0.4) is 0 Å². The summed E-state index contributed by atoms with van der Waals surface area (Å²) in [4.78, 5) is 34.1. The maximum absolute atomic E-state index is 14.4. The highest BCUT2D eigenvalue weighted by Crippen LogP contribution is 2.71. The standard InChI is InChI=1S/C33H38FN5O3/c1-3-42-29-37-15-24(16-38-29)23-5-4-6-25(13-23)39(27(40)14-31-19-33(34,20-31)21-31)22-30-7-10-32(11-8-30,12-9-30)28-35-17-26(41-2)18-36-28/h4-6,13,15-18H,3,7-12,14,19-22H2,1-2H3. The van der Waals surface area contributed by atoms with Crippen LogP contribution in [-0.4, -0.2) is 51.8 Å². The molecule has 0 spiro atoms. The van der Waals surface area contributed by atoms with E-state index in [4.69, 9.17) is 9.47 Å². The molecule has 0 atom stereocenters. The number of benzene rings is 1. The first-order valence-corrected chi connectivity index (χ1v) is 15.2. The average molecular weight is 572 g/mol. The molecule has 1 amide bonds. The first-order chi connectivity index (χ1) is 20.3. The SMILES string of the molecule is CCOc1ncc(-c2cccc(N(CC34CCC(c5ncc(OC)cn5)(CC3)CC4)C(=O)CC34CC(F)(C3)C4)c2)cn1. The van der Waals surface area contributed by atoms with Gasteiger partial charge >= 0.3 is 6.01 Å². The first-order valence-electron chi connectivity index (χ1n) is 15.2. The summed E-state index contributed by atoms with van der Waals surface area (Å²) in [6.45, 7) is 3.08. The molecule has 9 heteroatoms. The number of alkyl halides is 1. The maximum atomic E-state index is 14.4. The van der Waals surface area contributed by atoms with Gasteiger partial charge in [0.05, 0.1) is 26.1 Å². The average Bonchev–Trinajstić information content (AvgIpc) is 3.00. The number of halogens is 1. The summed E-state index contributed by atoms with van der Waals surface area (Å²) < 4.78 is 25.0. The summed E-state index contributed by atoms with van der Waals surface area (Å²) in [7, 11) is 1.63. The number of anilines is 1. The van der Waals surface area contributed by atoms with E-state index in [-0.39, 0.29) is 22.2 Å². The van der Waals surface area contributed by atoms with Gasteiger partial charge in [0.1, 0.15) is 11.5 Å². The van der Waals surface area contributed by atoms with Crippen molar-refractivity contribution < 1.29 is 18.7 Å². The summed E-state index contributed by atoms with van der Waals surface area (Å²) >= 11 is 0. The van der Waals surface area contributed by atoms with Crippen LogP contribution in [0.2, 0.25) is 0 Å². The van der Waals surface area contributed by atoms with Crippen molar-refractivity contribution in [1.82, 2.24) is 19.9 Å². The van der Waals surface area contributed by atoms with Crippen molar-refractivity contribution in [2.45, 2.75) is 82.2 Å². The van der Waals surface area contributed by atoms with Crippen LogP contribution in [0.25, 0.3) is 11.1 Å². The van der Waals surface area contributed by atoms with E-state index in [0.29, 0.717) is 50.6 Å². The van der Waals surface area contributed by atoms with E-state index in [0.717, 1.165) is 61.2 Å². The van der Waals surface area contributed by atoms with Gasteiger partial charge in [-0.15, -0.1) is 0 Å². The van der Waals surface area contributed by atoms with E-state index in [1.807, 2.05) is 30.0 Å². The lowest BCUT2D eigenvalue weighted by Gasteiger charge is -2.66. The Morgan fingerprint density at radius 3 is 2.17 bits per heavy atom. The number of ether oxygens (including phenoxy) is 2. The second kappa shape index (κ2) is 9.99. The van der Waals surface area contributed by atoms with Crippen molar-refractivity contribution in [2.24, 2.45) is 10.8 Å². The van der Waals surface area contributed by atoms with Gasteiger partial charge < -0.3 is 14.4 Å². The normalized spacial score (nSPS) is 30.6. The molecular weight excluding hydrogens is 533 g/mol. The Morgan fingerprint density at radius 1 is 0.905 bits per heavy atom. The summed E-state index contributed by atoms with van der Waals surface area (Å²) in [6, 6.07) is 8.44. The molecule has 6 aliphatic carbocycles. The van der Waals surface area contributed by atoms with Gasteiger partial charge in [0.25, 0.3) is 0 Å². The molecule has 8 nitrogen and oxygen atoms in total. The monoisotopic (exact) mass is 571 g/mol. The highest BCUT2D eigenvalue weighted by atomic mass is 19.1. The molecule has 3 aromatic rings. The Kier molecular flexibility index (Phi) is 6.47. The summed E-state index contributed by atoms with van der Waals surface area (Å²) in [5, 5.41) is 0. The predicted molar refractivity (Wildman–Crippen MR) is 156 cm³/mol. The lowest BCUT2D eigenvalue weighted by Crippen LogP contribution is -2.65. The van der Waals surface area contributed by atoms with Crippen molar-refractivity contribution in [3.63, 3.8) is 0 Å². The van der Waals surface area contributed by atoms with E-state index in [1.54, 1.807) is 31.9 Å². The van der Waals surface area contributed by atoms with E-state index in [9.17, 15) is 9.18 Å². The van der Waals surface area contributed by atoms with Gasteiger partial charge in [-0.25, -0.2) is 24.3 Å². The maximum Gasteiger partial charge on any atom is 0.316 e. The number of rotatable bonds is 10. The van der Waals surface area contributed by atoms with Gasteiger partial charge in [-0.1, -0.05) is 12.1 Å². The fraction of sp³-hybridized carbons (Fsp3) is 0.545. The van der Waals surface area contributed by atoms with Crippen LogP contribution in [0, 0.1) is 10.8 Å². The molecule has 6 aliphatic rings. The summed E-state index contributed by atoms with van der Waals surface area (Å²) in [5.41, 5.74) is 1.56. The van der Waals surface area contributed by atoms with Gasteiger partial charge in [-0.05, 0) is 93.2 Å². The van der Waals surface area contributed by atoms with Crippen molar-refractivity contribution in [2.75, 3.05) is 25.2 Å². The van der Waals surface area contributed by atoms with Crippen LogP contribution in [0.15, 0.2) is 49.1 Å². The molecule has 2 aromatic heterocycles. The number of carbonyl (C=O) groups is 1. The van der Waals surface area contributed by atoms with Crippen LogP contribution in [0.1, 0.15) is 77.0 Å². The zero-order valence-corrected chi connectivity index (χ0v) is 24.4. The Balaban J connectivity index is 1.13. The number of hydrogen-bond donors (Lipinski definition) is 0. The van der Waals surface area contributed by atoms with Crippen LogP contribution >= 0.6 is 0 Å². The smallest absolute Gasteiger partial charge is 0.316 e. The number of methoxy groups -OCH3 is 1. The van der Waals surface area contributed by atoms with Crippen LogP contribution in [0.5, 0.6) is 11.8 Å². The third-order valence-corrected chi connectivity index (χ3v) is 10.5. The Bertz CT molecular complexity index is 1430. The number of hydrogen-bond acceptors (Lipinski definition) is 7. The Labute approximate surface area is 246 Å². The molecule has 0 saturated heterocycles. The largest absolute Gasteiger partial charge is 0.494 e. The van der Waals surface area contributed by atoms with E-state index in [2.05, 4.69) is 26.0 Å². The van der Waals surface area contributed by atoms with Crippen molar-refractivity contribution in [3.8, 4) is 22.9 Å². The van der Waals surface area contributed by atoms with Gasteiger partial charge in [-0.3, -0.25) is 4.79 Å². The van der Waals surface area contributed by atoms with Gasteiger partial charge in [0, 0.05) is 42.0 Å². The van der Waals surface area contributed by atoms with Crippen molar-refractivity contribution >= 4 is 11.6 Å². The lowest BCUT2D eigenvalue weighted by atomic mass is 9.41. The molecule has 0 unspecified atom stereocenters. The number of amides is 1. The fourth-order valence-electron chi connectivity index (χ4n) is 8.18. The molecule has 9 rings (SSSR count). The minimum Gasteiger partial charge on any atom is -0.494 e. The lowest BCUT2D eigenvalue weighted by molar-refractivity contribution is -0.215. The second-order valence-electron chi connectivity index (χ2n) is 13.3. The highest BCUT2D eigenvalue weighted by Gasteiger charge is 2.69. The predicted octanol–water partition coefficient (Wildman–Crippen LogP) is 6.25. The molecule has 6 saturated carbocycles. The second-order valence-corrected chi connectivity index (χ2v) is 13.3. The minimum absolute atomic E-state index is 0.00227. The van der Waals surface area contributed by atoms with E-state index in [1.165, 1.54) is 0 Å². The van der Waals surface area contributed by atoms with E-state index >= 15 is 0 Å². The Hall–Kier alpha value is -3.62. The fourth-order valence-corrected chi connectivity index (χ4v) is 8.18. The quantitative estimate of drug-likeness (QED) is 0.284. The molecule has 2 heterocycles. The van der Waals surface area contributed by atoms with Crippen LogP contribution < -0.4 is 14.4 Å². The molecule has 220 valence electrons. The van der Waals surface area contributed by atoms with Crippen LogP contribution in [-0.2, 0) is 10.2 Å². The van der Waals surface area contributed by atoms with Gasteiger partial charge in [-0.2, -0.15) is 0 Å². The third kappa shape index (κ3) is 4.71. The number of carbonyl (C=O) groups excluding carboxylic acids is 1. The molecule has 0 aliphatic heterocycles. The summed E-state index contributed by atoms with van der Waals surface area (Å²) in [5.74, 6) is 1.69. The van der Waals surface area contributed by atoms with Crippen molar-refractivity contribution in [3.05, 3.63) is 54.9 Å². The molecule has 0 N–H and O–H groups in total. The number of fused-ring (bicyclic) bond motifs is 3. The number of nitrogens with zero attached hydrogens (tertiary/aromatic N) is 5. The molecule has 6 fully saturated rings.